The number of rotatable bonds is 4. The van der Waals surface area contributed by atoms with Gasteiger partial charge in [0.05, 0.1) is 11.6 Å². The van der Waals surface area contributed by atoms with Gasteiger partial charge >= 0.3 is 5.91 Å². The summed E-state index contributed by atoms with van der Waals surface area (Å²) in [4.78, 5) is 46.5. The molecule has 2 amide bonds. The van der Waals surface area contributed by atoms with Crippen molar-refractivity contribution in [3.8, 4) is 0 Å². The first kappa shape index (κ1) is 21.0. The Bertz CT molecular complexity index is 1270. The van der Waals surface area contributed by atoms with Gasteiger partial charge in [0.15, 0.2) is 5.82 Å². The van der Waals surface area contributed by atoms with Crippen LogP contribution in [-0.2, 0) is 9.59 Å². The van der Waals surface area contributed by atoms with Crippen molar-refractivity contribution in [1.29, 1.82) is 0 Å². The molecule has 4 rings (SSSR count). The molecule has 1 aliphatic heterocycles. The number of aryl methyl sites for hydroxylation is 2. The number of amides is 2. The highest BCUT2D eigenvalue weighted by molar-refractivity contribution is 6.51. The minimum Gasteiger partial charge on any atom is -0.507 e. The molecule has 3 aromatic rings. The normalized spacial score (nSPS) is 17.8. The first-order valence-electron chi connectivity index (χ1n) is 9.82. The number of carbonyl (C=O) groups excluding carboxylic acids is 3. The van der Waals surface area contributed by atoms with Gasteiger partial charge in [-0.3, -0.25) is 24.3 Å². The van der Waals surface area contributed by atoms with Crippen molar-refractivity contribution in [3.05, 3.63) is 70.0 Å². The highest BCUT2D eigenvalue weighted by atomic mass is 16.5. The number of carbonyl (C=O) groups is 3. The highest BCUT2D eigenvalue weighted by Gasteiger charge is 2.48. The number of aliphatic hydroxyl groups is 1. The van der Waals surface area contributed by atoms with Crippen molar-refractivity contribution in [2.45, 2.75) is 26.8 Å². The average Bonchev–Trinajstić information content (AvgIpc) is 3.42. The fourth-order valence-corrected chi connectivity index (χ4v) is 3.99. The van der Waals surface area contributed by atoms with Crippen LogP contribution in [-0.4, -0.2) is 44.9 Å². The maximum Gasteiger partial charge on any atom is 0.301 e. The van der Waals surface area contributed by atoms with Crippen LogP contribution in [0.5, 0.6) is 0 Å². The van der Waals surface area contributed by atoms with Gasteiger partial charge in [-0.1, -0.05) is 5.16 Å². The molecule has 1 aliphatic rings. The van der Waals surface area contributed by atoms with Crippen LogP contribution in [0.3, 0.4) is 0 Å². The van der Waals surface area contributed by atoms with Crippen LogP contribution in [0.15, 0.2) is 40.7 Å². The van der Waals surface area contributed by atoms with Crippen LogP contribution in [0.4, 0.5) is 5.82 Å². The summed E-state index contributed by atoms with van der Waals surface area (Å²) in [6.07, 6.45) is 3.06. The number of anilines is 1. The second-order valence-corrected chi connectivity index (χ2v) is 7.45. The third-order valence-corrected chi connectivity index (χ3v) is 5.46. The molecule has 0 aromatic carbocycles. The summed E-state index contributed by atoms with van der Waals surface area (Å²) in [6, 6.07) is 3.88. The van der Waals surface area contributed by atoms with Crippen molar-refractivity contribution in [3.63, 3.8) is 0 Å². The minimum absolute atomic E-state index is 0.115. The summed E-state index contributed by atoms with van der Waals surface area (Å²) in [7, 11) is 1.49. The van der Waals surface area contributed by atoms with Gasteiger partial charge < -0.3 is 19.9 Å². The smallest absolute Gasteiger partial charge is 0.301 e. The van der Waals surface area contributed by atoms with E-state index in [1.807, 2.05) is 0 Å². The van der Waals surface area contributed by atoms with Crippen LogP contribution in [0.25, 0.3) is 5.76 Å². The van der Waals surface area contributed by atoms with E-state index in [0.29, 0.717) is 22.6 Å². The molecule has 10 nitrogen and oxygen atoms in total. The topological polar surface area (TPSA) is 141 Å². The molecule has 0 bridgehead atoms. The number of Topliss-reactive ketones (excluding diaryl/α,β-unsaturated/α-hetero) is 1. The number of H-pyrrole nitrogens is 1. The van der Waals surface area contributed by atoms with Gasteiger partial charge in [-0.25, -0.2) is 0 Å². The molecular formula is C22H21N5O5. The van der Waals surface area contributed by atoms with E-state index in [0.717, 1.165) is 0 Å². The Kier molecular flexibility index (Phi) is 5.13. The van der Waals surface area contributed by atoms with Gasteiger partial charge in [-0.05, 0) is 44.0 Å². The lowest BCUT2D eigenvalue weighted by atomic mass is 9.94. The zero-order valence-corrected chi connectivity index (χ0v) is 17.9. The zero-order valence-electron chi connectivity index (χ0n) is 17.9. The van der Waals surface area contributed by atoms with E-state index in [-0.39, 0.29) is 34.3 Å². The lowest BCUT2D eigenvalue weighted by molar-refractivity contribution is -0.132. The molecule has 3 aromatic heterocycles. The van der Waals surface area contributed by atoms with Gasteiger partial charge in [-0.15, -0.1) is 0 Å². The number of aliphatic hydroxyl groups excluding tert-OH is 1. The Hall–Kier alpha value is -4.21. The van der Waals surface area contributed by atoms with E-state index in [1.165, 1.54) is 30.4 Å². The number of ketones is 1. The van der Waals surface area contributed by atoms with Gasteiger partial charge in [0.25, 0.3) is 11.7 Å². The van der Waals surface area contributed by atoms with Crippen molar-refractivity contribution >= 4 is 29.2 Å². The van der Waals surface area contributed by atoms with Crippen LogP contribution in [0.2, 0.25) is 0 Å². The fourth-order valence-electron chi connectivity index (χ4n) is 3.99. The van der Waals surface area contributed by atoms with E-state index in [9.17, 15) is 19.5 Å². The SMILES string of the molecule is CNC(=O)c1[nH]c(C)c(/C(O)=C2\C(=O)C(=O)N(c3cc(C)on3)C2c2ccncc2)c1C. The van der Waals surface area contributed by atoms with Gasteiger partial charge in [0.2, 0.25) is 0 Å². The number of hydrogen-bond acceptors (Lipinski definition) is 7. The summed E-state index contributed by atoms with van der Waals surface area (Å²) in [5.74, 6) is -1.85. The quantitative estimate of drug-likeness (QED) is 0.324. The first-order chi connectivity index (χ1) is 15.3. The van der Waals surface area contributed by atoms with E-state index >= 15 is 0 Å². The Morgan fingerprint density at radius 1 is 1.22 bits per heavy atom. The Morgan fingerprint density at radius 3 is 2.50 bits per heavy atom. The molecule has 1 saturated heterocycles. The van der Waals surface area contributed by atoms with E-state index in [4.69, 9.17) is 4.52 Å². The molecule has 0 radical (unpaired) electrons. The predicted molar refractivity (Wildman–Crippen MR) is 114 cm³/mol. The summed E-state index contributed by atoms with van der Waals surface area (Å²) in [5, 5.41) is 17.7. The molecule has 0 spiro atoms. The summed E-state index contributed by atoms with van der Waals surface area (Å²) < 4.78 is 5.11. The molecule has 1 fully saturated rings. The van der Waals surface area contributed by atoms with Crippen molar-refractivity contribution in [1.82, 2.24) is 20.4 Å². The van der Waals surface area contributed by atoms with Crippen LogP contribution >= 0.6 is 0 Å². The minimum atomic E-state index is -0.959. The van der Waals surface area contributed by atoms with E-state index < -0.39 is 17.7 Å². The molecule has 0 aliphatic carbocycles. The number of aromatic nitrogens is 3. The van der Waals surface area contributed by atoms with Gasteiger partial charge in [0.1, 0.15) is 17.2 Å². The molecule has 164 valence electrons. The lowest BCUT2D eigenvalue weighted by Gasteiger charge is -2.22. The number of nitrogens with zero attached hydrogens (tertiary/aromatic N) is 3. The molecule has 10 heteroatoms. The third kappa shape index (κ3) is 3.16. The summed E-state index contributed by atoms with van der Waals surface area (Å²) in [5.41, 5.74) is 1.92. The number of pyridine rings is 1. The first-order valence-corrected chi connectivity index (χ1v) is 9.82. The van der Waals surface area contributed by atoms with Crippen molar-refractivity contribution in [2.75, 3.05) is 11.9 Å². The van der Waals surface area contributed by atoms with Crippen LogP contribution in [0.1, 0.15) is 44.7 Å². The van der Waals surface area contributed by atoms with Crippen LogP contribution in [0, 0.1) is 20.8 Å². The predicted octanol–water partition coefficient (Wildman–Crippen LogP) is 2.31. The summed E-state index contributed by atoms with van der Waals surface area (Å²) in [6.45, 7) is 5.00. The summed E-state index contributed by atoms with van der Waals surface area (Å²) >= 11 is 0. The fraction of sp³-hybridized carbons (Fsp3) is 0.227. The molecule has 4 heterocycles. The monoisotopic (exact) mass is 435 g/mol. The Morgan fingerprint density at radius 2 is 1.91 bits per heavy atom. The van der Waals surface area contributed by atoms with Gasteiger partial charge in [-0.2, -0.15) is 0 Å². The van der Waals surface area contributed by atoms with Crippen LogP contribution < -0.4 is 10.2 Å². The molecular weight excluding hydrogens is 414 g/mol. The number of nitrogens with one attached hydrogen (secondary N) is 2. The highest BCUT2D eigenvalue weighted by Crippen LogP contribution is 2.42. The second-order valence-electron chi connectivity index (χ2n) is 7.45. The van der Waals surface area contributed by atoms with E-state index in [2.05, 4.69) is 20.4 Å². The standard InChI is InChI=1S/C22H21N5O5/c1-10-9-14(26-32-10)27-18(13-5-7-24-8-6-13)16(20(29)22(27)31)19(28)15-11(2)17(21(30)23-4)25-12(15)3/h5-9,18,25,28H,1-4H3,(H,23,30)/b19-16+. The van der Waals surface area contributed by atoms with Gasteiger partial charge in [0, 0.05) is 36.8 Å². The molecule has 1 atom stereocenters. The molecule has 0 saturated carbocycles. The lowest BCUT2D eigenvalue weighted by Crippen LogP contribution is -2.29. The third-order valence-electron chi connectivity index (χ3n) is 5.46. The Labute approximate surface area is 182 Å². The molecule has 32 heavy (non-hydrogen) atoms. The maximum atomic E-state index is 13.1. The second kappa shape index (κ2) is 7.80. The molecule has 1 unspecified atom stereocenters. The zero-order chi connectivity index (χ0) is 23.2. The Balaban J connectivity index is 1.97. The number of aromatic amines is 1. The average molecular weight is 435 g/mol. The van der Waals surface area contributed by atoms with Crippen molar-refractivity contribution in [2.24, 2.45) is 0 Å². The number of hydrogen-bond donors (Lipinski definition) is 3. The van der Waals surface area contributed by atoms with E-state index in [1.54, 1.807) is 32.9 Å². The maximum absolute atomic E-state index is 13.1. The molecule has 3 N–H and O–H groups in total. The largest absolute Gasteiger partial charge is 0.507 e. The van der Waals surface area contributed by atoms with Crippen molar-refractivity contribution < 1.29 is 24.0 Å².